The molecule has 9 heteroatoms. The monoisotopic (exact) mass is 377 g/mol. The molecule has 7 nitrogen and oxygen atoms in total. The second-order valence-electron chi connectivity index (χ2n) is 4.73. The number of anilines is 1. The number of nitriles is 1. The van der Waals surface area contributed by atoms with E-state index in [2.05, 4.69) is 5.32 Å². The first-order chi connectivity index (χ1) is 11.8. The predicted molar refractivity (Wildman–Crippen MR) is 93.4 cm³/mol. The lowest BCUT2D eigenvalue weighted by molar-refractivity contribution is -0.385. The zero-order chi connectivity index (χ0) is 18.6. The number of phenols is 1. The third kappa shape index (κ3) is 4.26. The van der Waals surface area contributed by atoms with E-state index in [-0.39, 0.29) is 26.9 Å². The molecule has 126 valence electrons. The third-order valence-corrected chi connectivity index (χ3v) is 3.70. The smallest absolute Gasteiger partial charge is 0.311 e. The highest BCUT2D eigenvalue weighted by Crippen LogP contribution is 2.30. The van der Waals surface area contributed by atoms with Gasteiger partial charge in [-0.2, -0.15) is 5.26 Å². The number of rotatable bonds is 4. The molecule has 0 aliphatic carbocycles. The molecule has 2 aromatic rings. The van der Waals surface area contributed by atoms with E-state index in [9.17, 15) is 25.3 Å². The molecule has 1 amide bonds. The molecule has 0 saturated carbocycles. The average Bonchev–Trinajstić information content (AvgIpc) is 2.57. The summed E-state index contributed by atoms with van der Waals surface area (Å²) in [5.41, 5.74) is -0.522. The van der Waals surface area contributed by atoms with Crippen LogP contribution in [0.4, 0.5) is 11.4 Å². The number of nitro groups is 1. The minimum atomic E-state index is -0.784. The van der Waals surface area contributed by atoms with Crippen LogP contribution in [0, 0.1) is 21.4 Å². The van der Waals surface area contributed by atoms with E-state index in [0.29, 0.717) is 0 Å². The van der Waals surface area contributed by atoms with Gasteiger partial charge in [0.1, 0.15) is 11.6 Å². The molecule has 0 aliphatic heterocycles. The maximum atomic E-state index is 12.2. The van der Waals surface area contributed by atoms with Crippen LogP contribution in [0.2, 0.25) is 10.0 Å². The Labute approximate surface area is 151 Å². The van der Waals surface area contributed by atoms with Crippen molar-refractivity contribution in [3.8, 4) is 11.8 Å². The van der Waals surface area contributed by atoms with E-state index in [1.54, 1.807) is 12.1 Å². The Morgan fingerprint density at radius 3 is 2.48 bits per heavy atom. The summed E-state index contributed by atoms with van der Waals surface area (Å²) in [5, 5.41) is 32.2. The van der Waals surface area contributed by atoms with Crippen molar-refractivity contribution < 1.29 is 14.8 Å². The molecule has 0 bridgehead atoms. The number of halogens is 2. The molecule has 0 atom stereocenters. The number of hydrogen-bond donors (Lipinski definition) is 2. The number of carbonyl (C=O) groups excluding carboxylic acids is 1. The molecule has 0 radical (unpaired) electrons. The van der Waals surface area contributed by atoms with Gasteiger partial charge in [-0.15, -0.1) is 0 Å². The van der Waals surface area contributed by atoms with Crippen molar-refractivity contribution in [2.24, 2.45) is 0 Å². The fraction of sp³-hybridized carbons (Fsp3) is 0. The molecule has 0 unspecified atom stereocenters. The van der Waals surface area contributed by atoms with Crippen molar-refractivity contribution in [2.75, 3.05) is 5.32 Å². The molecular weight excluding hydrogens is 369 g/mol. The summed E-state index contributed by atoms with van der Waals surface area (Å²) >= 11 is 11.9. The molecule has 0 heterocycles. The van der Waals surface area contributed by atoms with Crippen molar-refractivity contribution in [1.29, 1.82) is 5.26 Å². The fourth-order valence-electron chi connectivity index (χ4n) is 1.89. The largest absolute Gasteiger partial charge is 0.502 e. The molecule has 0 spiro atoms. The molecular formula is C16H9Cl2N3O4. The Hall–Kier alpha value is -3.08. The van der Waals surface area contributed by atoms with Crippen LogP contribution in [-0.2, 0) is 4.79 Å². The molecule has 25 heavy (non-hydrogen) atoms. The summed E-state index contributed by atoms with van der Waals surface area (Å²) < 4.78 is 0. The van der Waals surface area contributed by atoms with E-state index >= 15 is 0 Å². The van der Waals surface area contributed by atoms with Gasteiger partial charge in [0.15, 0.2) is 5.75 Å². The Bertz CT molecular complexity index is 915. The Kier molecular flexibility index (Phi) is 5.60. The third-order valence-electron chi connectivity index (χ3n) is 3.07. The lowest BCUT2D eigenvalue weighted by Crippen LogP contribution is -2.14. The van der Waals surface area contributed by atoms with Gasteiger partial charge < -0.3 is 10.4 Å². The summed E-state index contributed by atoms with van der Waals surface area (Å²) in [6, 6.07) is 9.80. The number of amides is 1. The second-order valence-corrected chi connectivity index (χ2v) is 5.54. The van der Waals surface area contributed by atoms with Crippen LogP contribution in [0.3, 0.4) is 0 Å². The van der Waals surface area contributed by atoms with Crippen LogP contribution < -0.4 is 5.32 Å². The van der Waals surface area contributed by atoms with Gasteiger partial charge in [-0.1, -0.05) is 35.3 Å². The number of para-hydroxylation sites is 1. The molecule has 2 aromatic carbocycles. The van der Waals surface area contributed by atoms with Crippen LogP contribution in [0.5, 0.6) is 5.75 Å². The molecule has 2 rings (SSSR count). The molecule has 0 aromatic heterocycles. The first-order valence-corrected chi connectivity index (χ1v) is 7.43. The van der Waals surface area contributed by atoms with Crippen molar-refractivity contribution in [1.82, 2.24) is 0 Å². The zero-order valence-corrected chi connectivity index (χ0v) is 13.9. The standard InChI is InChI=1S/C16H9Cl2N3O4/c17-11-2-1-3-12(18)15(11)20-16(23)10(8-19)6-9-4-5-14(22)13(7-9)21(24)25/h1-7,22H,(H,20,23)/b10-6+. The normalized spacial score (nSPS) is 10.8. The van der Waals surface area contributed by atoms with Crippen molar-refractivity contribution >= 4 is 46.6 Å². The molecule has 0 aliphatic rings. The first-order valence-electron chi connectivity index (χ1n) is 6.68. The minimum absolute atomic E-state index is 0.147. The topological polar surface area (TPSA) is 116 Å². The van der Waals surface area contributed by atoms with Gasteiger partial charge in [0.2, 0.25) is 0 Å². The van der Waals surface area contributed by atoms with E-state index in [1.165, 1.54) is 18.2 Å². The van der Waals surface area contributed by atoms with Crippen LogP contribution >= 0.6 is 23.2 Å². The summed E-state index contributed by atoms with van der Waals surface area (Å²) in [4.78, 5) is 22.3. The molecule has 0 saturated heterocycles. The van der Waals surface area contributed by atoms with Crippen molar-refractivity contribution in [3.05, 3.63) is 67.7 Å². The lowest BCUT2D eigenvalue weighted by Gasteiger charge is -2.08. The summed E-state index contributed by atoms with van der Waals surface area (Å²) in [5.74, 6) is -1.30. The van der Waals surface area contributed by atoms with Gasteiger partial charge in [-0.3, -0.25) is 14.9 Å². The van der Waals surface area contributed by atoms with E-state index in [4.69, 9.17) is 23.2 Å². The van der Waals surface area contributed by atoms with Gasteiger partial charge in [-0.05, 0) is 29.8 Å². The van der Waals surface area contributed by atoms with Crippen LogP contribution in [0.25, 0.3) is 6.08 Å². The van der Waals surface area contributed by atoms with E-state index in [1.807, 2.05) is 0 Å². The number of benzene rings is 2. The number of hydrogen-bond acceptors (Lipinski definition) is 5. The highest BCUT2D eigenvalue weighted by atomic mass is 35.5. The predicted octanol–water partition coefficient (Wildman–Crippen LogP) is 4.15. The number of nitrogens with zero attached hydrogens (tertiary/aromatic N) is 2. The van der Waals surface area contributed by atoms with Gasteiger partial charge in [0.05, 0.1) is 20.7 Å². The number of nitro benzene ring substituents is 1. The Balaban J connectivity index is 2.35. The Morgan fingerprint density at radius 2 is 1.92 bits per heavy atom. The zero-order valence-electron chi connectivity index (χ0n) is 12.4. The van der Waals surface area contributed by atoms with Crippen molar-refractivity contribution in [2.45, 2.75) is 0 Å². The van der Waals surface area contributed by atoms with Crippen LogP contribution in [0.1, 0.15) is 5.56 Å². The van der Waals surface area contributed by atoms with E-state index in [0.717, 1.165) is 18.2 Å². The van der Waals surface area contributed by atoms with Gasteiger partial charge in [0.25, 0.3) is 5.91 Å². The minimum Gasteiger partial charge on any atom is -0.502 e. The summed E-state index contributed by atoms with van der Waals surface area (Å²) in [7, 11) is 0. The SMILES string of the molecule is N#C/C(=C\c1ccc(O)c([N+](=O)[O-])c1)C(=O)Nc1c(Cl)cccc1Cl. The summed E-state index contributed by atoms with van der Waals surface area (Å²) in [6.45, 7) is 0. The number of carbonyl (C=O) groups is 1. The quantitative estimate of drug-likeness (QED) is 0.359. The average molecular weight is 378 g/mol. The van der Waals surface area contributed by atoms with Crippen LogP contribution in [0.15, 0.2) is 42.0 Å². The number of nitrogens with one attached hydrogen (secondary N) is 1. The highest BCUT2D eigenvalue weighted by molar-refractivity contribution is 6.40. The highest BCUT2D eigenvalue weighted by Gasteiger charge is 2.16. The maximum absolute atomic E-state index is 12.2. The fourth-order valence-corrected chi connectivity index (χ4v) is 2.38. The molecule has 2 N–H and O–H groups in total. The Morgan fingerprint density at radius 1 is 1.28 bits per heavy atom. The first kappa shape index (κ1) is 18.3. The number of phenolic OH excluding ortho intramolecular Hbond substituents is 1. The van der Waals surface area contributed by atoms with Gasteiger partial charge in [0, 0.05) is 6.07 Å². The van der Waals surface area contributed by atoms with E-state index < -0.39 is 22.3 Å². The second kappa shape index (κ2) is 7.66. The summed E-state index contributed by atoms with van der Waals surface area (Å²) in [6.07, 6.45) is 1.15. The van der Waals surface area contributed by atoms with Crippen LogP contribution in [-0.4, -0.2) is 15.9 Å². The van der Waals surface area contributed by atoms with Gasteiger partial charge in [-0.25, -0.2) is 0 Å². The van der Waals surface area contributed by atoms with Crippen molar-refractivity contribution in [3.63, 3.8) is 0 Å². The number of aromatic hydroxyl groups is 1. The van der Waals surface area contributed by atoms with Gasteiger partial charge >= 0.3 is 5.69 Å². The maximum Gasteiger partial charge on any atom is 0.311 e. The lowest BCUT2D eigenvalue weighted by atomic mass is 10.1. The molecule has 0 fully saturated rings.